The summed E-state index contributed by atoms with van der Waals surface area (Å²) in [4.78, 5) is 47.0. The van der Waals surface area contributed by atoms with Gasteiger partial charge in [0, 0.05) is 13.8 Å². The van der Waals surface area contributed by atoms with Crippen molar-refractivity contribution in [3.8, 4) is 0 Å². The zero-order valence-corrected chi connectivity index (χ0v) is 13.5. The Morgan fingerprint density at radius 1 is 0.958 bits per heavy atom. The molecule has 0 aromatic rings. The summed E-state index contributed by atoms with van der Waals surface area (Å²) in [7, 11) is 0. The second-order valence-corrected chi connectivity index (χ2v) is 6.64. The maximum Gasteiger partial charge on any atom is 0.236 e. The number of rotatable bonds is 0. The Hall–Kier alpha value is -2.06. The summed E-state index contributed by atoms with van der Waals surface area (Å²) in [5, 5.41) is 18.8. The van der Waals surface area contributed by atoms with Gasteiger partial charge in [-0.3, -0.25) is 29.0 Å². The number of fused-ring (bicyclic) bond motifs is 4. The number of carbonyl (C=O) groups excluding carboxylic acids is 4. The van der Waals surface area contributed by atoms with E-state index < -0.39 is 24.2 Å². The van der Waals surface area contributed by atoms with Crippen LogP contribution in [0.25, 0.3) is 0 Å². The van der Waals surface area contributed by atoms with Crippen molar-refractivity contribution in [2.75, 3.05) is 0 Å². The number of amides is 4. The van der Waals surface area contributed by atoms with Gasteiger partial charge in [0.15, 0.2) is 0 Å². The Morgan fingerprint density at radius 2 is 1.58 bits per heavy atom. The third-order valence-corrected chi connectivity index (χ3v) is 5.16. The van der Waals surface area contributed by atoms with Gasteiger partial charge < -0.3 is 10.2 Å². The third kappa shape index (κ3) is 2.37. The lowest BCUT2D eigenvalue weighted by atomic mass is 10.0. The fourth-order valence-electron chi connectivity index (χ4n) is 4.03. The molecule has 8 heteroatoms. The molecule has 1 saturated carbocycles. The van der Waals surface area contributed by atoms with Crippen molar-refractivity contribution in [1.29, 1.82) is 0 Å². The summed E-state index contributed by atoms with van der Waals surface area (Å²) in [6, 6.07) is -0.449. The summed E-state index contributed by atoms with van der Waals surface area (Å²) in [5.41, 5.74) is 0. The lowest BCUT2D eigenvalue weighted by molar-refractivity contribution is -0.155. The van der Waals surface area contributed by atoms with Crippen LogP contribution in [0.5, 0.6) is 0 Å². The number of nitrogens with zero attached hydrogens (tertiary/aromatic N) is 2. The standard InChI is InChI=1S/C8H11NO4.C8H9NO2/c1-3(10)9-5-2-4(8(9)13)6(11)7(5)12;1-5(10)9-7-3-2-6(4-7)8(9)11/h4-7,11-12H,2H2,1H3;2-3,6-7H,4H2,1H3/t4-,5+,6+,7-;/m0./s1. The van der Waals surface area contributed by atoms with Gasteiger partial charge in [0.05, 0.1) is 30.0 Å². The average molecular weight is 336 g/mol. The quantitative estimate of drug-likeness (QED) is 0.537. The topological polar surface area (TPSA) is 115 Å². The summed E-state index contributed by atoms with van der Waals surface area (Å²) in [6.45, 7) is 2.73. The van der Waals surface area contributed by atoms with E-state index in [9.17, 15) is 29.4 Å². The van der Waals surface area contributed by atoms with Crippen LogP contribution in [0, 0.1) is 11.8 Å². The molecule has 2 aliphatic heterocycles. The molecule has 0 aromatic carbocycles. The molecule has 2 N–H and O–H groups in total. The number of hydrogen-bond acceptors (Lipinski definition) is 6. The summed E-state index contributed by atoms with van der Waals surface area (Å²) < 4.78 is 0. The molecule has 4 bridgehead atoms. The molecule has 2 heterocycles. The van der Waals surface area contributed by atoms with E-state index in [4.69, 9.17) is 0 Å². The number of imide groups is 2. The molecule has 0 aromatic heterocycles. The first-order valence-corrected chi connectivity index (χ1v) is 7.95. The van der Waals surface area contributed by atoms with Crippen molar-refractivity contribution in [2.24, 2.45) is 11.8 Å². The molecule has 130 valence electrons. The molecule has 6 atom stereocenters. The van der Waals surface area contributed by atoms with Crippen molar-refractivity contribution in [2.45, 2.75) is 51.0 Å². The van der Waals surface area contributed by atoms with Gasteiger partial charge in [-0.15, -0.1) is 0 Å². The minimum Gasteiger partial charge on any atom is -0.390 e. The van der Waals surface area contributed by atoms with Gasteiger partial charge in [0.1, 0.15) is 6.10 Å². The number of likely N-dealkylation sites (tertiary alicyclic amines) is 2. The van der Waals surface area contributed by atoms with E-state index in [0.717, 1.165) is 11.3 Å². The fraction of sp³-hybridized carbons (Fsp3) is 0.625. The Balaban J connectivity index is 0.000000143. The van der Waals surface area contributed by atoms with E-state index >= 15 is 0 Å². The number of aliphatic hydroxyl groups excluding tert-OH is 2. The van der Waals surface area contributed by atoms with E-state index in [2.05, 4.69) is 0 Å². The van der Waals surface area contributed by atoms with E-state index in [1.807, 2.05) is 12.2 Å². The summed E-state index contributed by atoms with van der Waals surface area (Å²) in [6.07, 6.45) is 3.07. The van der Waals surface area contributed by atoms with Gasteiger partial charge in [0.25, 0.3) is 0 Å². The van der Waals surface area contributed by atoms with Crippen LogP contribution in [-0.2, 0) is 19.2 Å². The van der Waals surface area contributed by atoms with Crippen LogP contribution < -0.4 is 0 Å². The molecule has 3 fully saturated rings. The maximum atomic E-state index is 11.4. The molecule has 24 heavy (non-hydrogen) atoms. The molecule has 8 nitrogen and oxygen atoms in total. The molecule has 4 rings (SSSR count). The van der Waals surface area contributed by atoms with Gasteiger partial charge >= 0.3 is 0 Å². The zero-order chi connectivity index (χ0) is 17.8. The predicted molar refractivity (Wildman–Crippen MR) is 80.0 cm³/mol. The smallest absolute Gasteiger partial charge is 0.236 e. The Bertz CT molecular complexity index is 644. The highest BCUT2D eigenvalue weighted by Crippen LogP contribution is 2.39. The van der Waals surface area contributed by atoms with Crippen molar-refractivity contribution < 1.29 is 29.4 Å². The van der Waals surface area contributed by atoms with Crippen LogP contribution in [0.2, 0.25) is 0 Å². The lowest BCUT2D eigenvalue weighted by Crippen LogP contribution is -2.53. The minimum absolute atomic E-state index is 0.0103. The molecule has 2 unspecified atom stereocenters. The highest BCUT2D eigenvalue weighted by molar-refractivity contribution is 5.99. The number of hydrogen-bond donors (Lipinski definition) is 2. The van der Waals surface area contributed by atoms with Crippen LogP contribution in [0.3, 0.4) is 0 Å². The minimum atomic E-state index is -0.993. The maximum absolute atomic E-state index is 11.4. The number of piperidine rings is 1. The van der Waals surface area contributed by atoms with E-state index in [1.54, 1.807) is 0 Å². The molecule has 0 spiro atoms. The van der Waals surface area contributed by atoms with Crippen molar-refractivity contribution in [3.05, 3.63) is 12.2 Å². The first-order valence-electron chi connectivity index (χ1n) is 7.95. The van der Waals surface area contributed by atoms with E-state index in [1.165, 1.54) is 18.7 Å². The Labute approximate surface area is 138 Å². The van der Waals surface area contributed by atoms with Gasteiger partial charge in [-0.05, 0) is 12.8 Å². The van der Waals surface area contributed by atoms with Crippen LogP contribution in [0.15, 0.2) is 12.2 Å². The Kier molecular flexibility index (Phi) is 4.05. The highest BCUT2D eigenvalue weighted by Gasteiger charge is 2.57. The largest absolute Gasteiger partial charge is 0.390 e. The van der Waals surface area contributed by atoms with Gasteiger partial charge in [-0.25, -0.2) is 0 Å². The van der Waals surface area contributed by atoms with Crippen molar-refractivity contribution >= 4 is 23.6 Å². The summed E-state index contributed by atoms with van der Waals surface area (Å²) in [5.74, 6) is -1.46. The predicted octanol–water partition coefficient (Wildman–Crippen LogP) is -1.19. The van der Waals surface area contributed by atoms with Crippen LogP contribution >= 0.6 is 0 Å². The van der Waals surface area contributed by atoms with Crippen molar-refractivity contribution in [3.63, 3.8) is 0 Å². The van der Waals surface area contributed by atoms with Gasteiger partial charge in [0.2, 0.25) is 23.6 Å². The van der Waals surface area contributed by atoms with E-state index in [0.29, 0.717) is 6.42 Å². The molecule has 2 aliphatic carbocycles. The first-order chi connectivity index (χ1) is 11.2. The molecule has 4 aliphatic rings. The van der Waals surface area contributed by atoms with E-state index in [-0.39, 0.29) is 35.6 Å². The molecule has 4 amide bonds. The fourth-order valence-corrected chi connectivity index (χ4v) is 4.03. The third-order valence-electron chi connectivity index (χ3n) is 5.16. The number of carbonyl (C=O) groups is 4. The molecular formula is C16H20N2O6. The van der Waals surface area contributed by atoms with Gasteiger partial charge in [-0.1, -0.05) is 12.2 Å². The monoisotopic (exact) mass is 336 g/mol. The van der Waals surface area contributed by atoms with Crippen molar-refractivity contribution in [1.82, 2.24) is 9.80 Å². The van der Waals surface area contributed by atoms with Crippen LogP contribution in [0.1, 0.15) is 26.7 Å². The lowest BCUT2D eigenvalue weighted by Gasteiger charge is -2.30. The second-order valence-electron chi connectivity index (χ2n) is 6.64. The van der Waals surface area contributed by atoms with Gasteiger partial charge in [-0.2, -0.15) is 0 Å². The van der Waals surface area contributed by atoms with Crippen LogP contribution in [-0.4, -0.2) is 67.9 Å². The second kappa shape index (κ2) is 5.78. The highest BCUT2D eigenvalue weighted by atomic mass is 16.3. The van der Waals surface area contributed by atoms with Crippen LogP contribution in [0.4, 0.5) is 0 Å². The molecule has 0 radical (unpaired) electrons. The number of aliphatic hydroxyl groups is 2. The zero-order valence-electron chi connectivity index (χ0n) is 13.5. The normalized spacial score (nSPS) is 38.7. The molecular weight excluding hydrogens is 316 g/mol. The Morgan fingerprint density at radius 3 is 2.00 bits per heavy atom. The molecule has 2 saturated heterocycles. The average Bonchev–Trinajstić information content (AvgIpc) is 3.22. The summed E-state index contributed by atoms with van der Waals surface area (Å²) >= 11 is 0. The SMILES string of the molecule is CC(=O)N1C(=O)C2C=CC1C2.CC(=O)N1C(=O)[C@H]2C[C@@H]1[C@H](O)[C@@H]2O. The first kappa shape index (κ1) is 16.8.